The number of thioether (sulfide) groups is 1. The molecule has 2 rings (SSSR count). The van der Waals surface area contributed by atoms with E-state index in [2.05, 4.69) is 10.0 Å². The molecule has 0 saturated carbocycles. The lowest BCUT2D eigenvalue weighted by Crippen LogP contribution is -2.29. The van der Waals surface area contributed by atoms with Crippen LogP contribution in [-0.2, 0) is 14.8 Å². The highest BCUT2D eigenvalue weighted by atomic mass is 32.2. The molecule has 0 aliphatic heterocycles. The molecule has 0 radical (unpaired) electrons. The van der Waals surface area contributed by atoms with E-state index in [-0.39, 0.29) is 23.5 Å². The average Bonchev–Trinajstić information content (AvgIpc) is 2.53. The van der Waals surface area contributed by atoms with Gasteiger partial charge in [-0.15, -0.1) is 11.8 Å². The molecule has 0 bridgehead atoms. The van der Waals surface area contributed by atoms with Gasteiger partial charge in [0.1, 0.15) is 5.82 Å². The van der Waals surface area contributed by atoms with E-state index in [1.807, 2.05) is 0 Å². The lowest BCUT2D eigenvalue weighted by Gasteiger charge is -2.18. The van der Waals surface area contributed by atoms with Gasteiger partial charge < -0.3 is 5.32 Å². The van der Waals surface area contributed by atoms with Crippen molar-refractivity contribution in [3.05, 3.63) is 59.9 Å². The zero-order valence-electron chi connectivity index (χ0n) is 13.8. The summed E-state index contributed by atoms with van der Waals surface area (Å²) in [6, 6.07) is 12.4. The van der Waals surface area contributed by atoms with Crippen LogP contribution in [0.5, 0.6) is 0 Å². The number of carbonyl (C=O) groups is 1. The Balaban J connectivity index is 1.98. The highest BCUT2D eigenvalue weighted by Crippen LogP contribution is 2.24. The Kier molecular flexibility index (Phi) is 6.44. The van der Waals surface area contributed by atoms with Crippen LogP contribution in [0.2, 0.25) is 0 Å². The van der Waals surface area contributed by atoms with Crippen LogP contribution in [0.4, 0.5) is 10.1 Å². The second-order valence-electron chi connectivity index (χ2n) is 5.49. The number of hydrogen-bond donors (Lipinski definition) is 2. The quantitative estimate of drug-likeness (QED) is 0.722. The van der Waals surface area contributed by atoms with Gasteiger partial charge in [-0.25, -0.2) is 12.8 Å². The van der Waals surface area contributed by atoms with Gasteiger partial charge in [0.05, 0.1) is 23.7 Å². The predicted octanol–water partition coefficient (Wildman–Crippen LogP) is 3.17. The molecule has 1 unspecified atom stereocenters. The topological polar surface area (TPSA) is 75.3 Å². The number of rotatable bonds is 7. The van der Waals surface area contributed by atoms with E-state index in [0.717, 1.165) is 11.2 Å². The minimum absolute atomic E-state index is 0.178. The first-order valence-corrected chi connectivity index (χ1v) is 10.4. The van der Waals surface area contributed by atoms with Gasteiger partial charge in [0.25, 0.3) is 0 Å². The zero-order valence-corrected chi connectivity index (χ0v) is 15.5. The van der Waals surface area contributed by atoms with Gasteiger partial charge in [-0.3, -0.25) is 9.52 Å². The van der Waals surface area contributed by atoms with Crippen LogP contribution < -0.4 is 10.0 Å². The number of sulfonamides is 1. The van der Waals surface area contributed by atoms with E-state index in [4.69, 9.17) is 0 Å². The maximum absolute atomic E-state index is 12.9. The van der Waals surface area contributed by atoms with Crippen LogP contribution in [0, 0.1) is 5.82 Å². The van der Waals surface area contributed by atoms with Crippen molar-refractivity contribution >= 4 is 33.4 Å². The molecule has 0 aromatic heterocycles. The fourth-order valence-electron chi connectivity index (χ4n) is 2.21. The Labute approximate surface area is 151 Å². The van der Waals surface area contributed by atoms with E-state index in [1.54, 1.807) is 43.3 Å². The first kappa shape index (κ1) is 19.3. The lowest BCUT2D eigenvalue weighted by atomic mass is 10.1. The molecular weight excluding hydrogens is 363 g/mol. The van der Waals surface area contributed by atoms with Crippen molar-refractivity contribution in [1.82, 2.24) is 5.32 Å². The van der Waals surface area contributed by atoms with Crippen LogP contribution in [0.15, 0.2) is 53.4 Å². The number of benzene rings is 2. The van der Waals surface area contributed by atoms with Crippen molar-refractivity contribution in [2.24, 2.45) is 0 Å². The normalized spacial score (nSPS) is 12.4. The van der Waals surface area contributed by atoms with Crippen LogP contribution in [0.25, 0.3) is 0 Å². The Hall–Kier alpha value is -2.06. The van der Waals surface area contributed by atoms with Gasteiger partial charge in [-0.05, 0) is 42.8 Å². The molecule has 0 aliphatic rings. The van der Waals surface area contributed by atoms with Crippen molar-refractivity contribution < 1.29 is 17.6 Å². The summed E-state index contributed by atoms with van der Waals surface area (Å²) in [4.78, 5) is 12.9. The third kappa shape index (κ3) is 6.39. The number of hydrogen-bond acceptors (Lipinski definition) is 4. The molecule has 2 aromatic carbocycles. The van der Waals surface area contributed by atoms with Crippen molar-refractivity contribution in [2.75, 3.05) is 16.7 Å². The summed E-state index contributed by atoms with van der Waals surface area (Å²) in [5.41, 5.74) is 1.11. The second kappa shape index (κ2) is 8.35. The third-order valence-corrected chi connectivity index (χ3v) is 4.89. The Morgan fingerprint density at radius 3 is 2.44 bits per heavy atom. The molecular formula is C17H19FN2O3S2. The summed E-state index contributed by atoms with van der Waals surface area (Å²) >= 11 is 1.30. The number of amides is 1. The second-order valence-corrected chi connectivity index (χ2v) is 8.29. The highest BCUT2D eigenvalue weighted by Gasteiger charge is 2.15. The van der Waals surface area contributed by atoms with Crippen molar-refractivity contribution in [2.45, 2.75) is 17.9 Å². The summed E-state index contributed by atoms with van der Waals surface area (Å²) < 4.78 is 38.2. The minimum Gasteiger partial charge on any atom is -0.349 e. The van der Waals surface area contributed by atoms with Crippen LogP contribution >= 0.6 is 11.8 Å². The molecule has 0 heterocycles. The lowest BCUT2D eigenvalue weighted by molar-refractivity contribution is -0.119. The number of halogens is 1. The largest absolute Gasteiger partial charge is 0.349 e. The summed E-state index contributed by atoms with van der Waals surface area (Å²) in [5, 5.41) is 2.84. The number of anilines is 1. The average molecular weight is 382 g/mol. The molecule has 2 aromatic rings. The molecule has 1 atom stereocenters. The first-order valence-electron chi connectivity index (χ1n) is 7.49. The highest BCUT2D eigenvalue weighted by molar-refractivity contribution is 8.00. The Morgan fingerprint density at radius 2 is 1.80 bits per heavy atom. The summed E-state index contributed by atoms with van der Waals surface area (Å²) in [6.07, 6.45) is 1.08. The van der Waals surface area contributed by atoms with Crippen molar-refractivity contribution in [3.8, 4) is 0 Å². The third-order valence-electron chi connectivity index (χ3n) is 3.28. The van der Waals surface area contributed by atoms with E-state index < -0.39 is 10.0 Å². The van der Waals surface area contributed by atoms with E-state index >= 15 is 0 Å². The van der Waals surface area contributed by atoms with Gasteiger partial charge in [0, 0.05) is 4.90 Å². The zero-order chi connectivity index (χ0) is 18.4. The predicted molar refractivity (Wildman–Crippen MR) is 98.6 cm³/mol. The van der Waals surface area contributed by atoms with E-state index in [9.17, 15) is 17.6 Å². The summed E-state index contributed by atoms with van der Waals surface area (Å²) in [6.45, 7) is 1.78. The van der Waals surface area contributed by atoms with Gasteiger partial charge in [-0.1, -0.05) is 18.2 Å². The SMILES string of the molecule is CC(NC(=O)CSc1ccc(F)cc1)c1ccccc1NS(C)(=O)=O. The molecule has 2 N–H and O–H groups in total. The fourth-order valence-corrected chi connectivity index (χ4v) is 3.50. The molecule has 0 spiro atoms. The number of carbonyl (C=O) groups excluding carboxylic acids is 1. The minimum atomic E-state index is -3.41. The van der Waals surface area contributed by atoms with E-state index in [0.29, 0.717) is 11.3 Å². The maximum atomic E-state index is 12.9. The van der Waals surface area contributed by atoms with Crippen LogP contribution in [0.1, 0.15) is 18.5 Å². The first-order chi connectivity index (χ1) is 11.7. The number of nitrogens with one attached hydrogen (secondary N) is 2. The monoisotopic (exact) mass is 382 g/mol. The van der Waals surface area contributed by atoms with Crippen molar-refractivity contribution in [3.63, 3.8) is 0 Å². The summed E-state index contributed by atoms with van der Waals surface area (Å²) in [5.74, 6) is -0.342. The van der Waals surface area contributed by atoms with Gasteiger partial charge >= 0.3 is 0 Å². The fraction of sp³-hybridized carbons (Fsp3) is 0.235. The molecule has 8 heteroatoms. The number of para-hydroxylation sites is 1. The molecule has 25 heavy (non-hydrogen) atoms. The van der Waals surface area contributed by atoms with Crippen LogP contribution in [0.3, 0.4) is 0 Å². The standard InChI is InChI=1S/C17H19FN2O3S2/c1-12(15-5-3-4-6-16(15)20-25(2,22)23)19-17(21)11-24-14-9-7-13(18)8-10-14/h3-10,12,20H,11H2,1-2H3,(H,19,21). The van der Waals surface area contributed by atoms with Crippen LogP contribution in [-0.4, -0.2) is 26.3 Å². The summed E-state index contributed by atoms with van der Waals surface area (Å²) in [7, 11) is -3.41. The van der Waals surface area contributed by atoms with Gasteiger partial charge in [0.15, 0.2) is 0 Å². The van der Waals surface area contributed by atoms with E-state index in [1.165, 1.54) is 23.9 Å². The van der Waals surface area contributed by atoms with Gasteiger partial charge in [0.2, 0.25) is 15.9 Å². The van der Waals surface area contributed by atoms with Gasteiger partial charge in [-0.2, -0.15) is 0 Å². The molecule has 5 nitrogen and oxygen atoms in total. The smallest absolute Gasteiger partial charge is 0.230 e. The van der Waals surface area contributed by atoms with Crippen molar-refractivity contribution in [1.29, 1.82) is 0 Å². The molecule has 0 fully saturated rings. The molecule has 0 saturated heterocycles. The maximum Gasteiger partial charge on any atom is 0.230 e. The molecule has 0 aliphatic carbocycles. The Morgan fingerprint density at radius 1 is 1.16 bits per heavy atom. The molecule has 134 valence electrons. The Bertz CT molecular complexity index is 839. The molecule has 1 amide bonds.